The Morgan fingerprint density at radius 1 is 1.35 bits per heavy atom. The number of ether oxygens (including phenoxy) is 1. The number of alkyl carbamates (subject to hydrolysis) is 1. The molecule has 1 amide bonds. The fourth-order valence-corrected chi connectivity index (χ4v) is 0.947. The Morgan fingerprint density at radius 2 is 1.82 bits per heavy atom. The van der Waals surface area contributed by atoms with E-state index in [0.29, 0.717) is 0 Å². The van der Waals surface area contributed by atoms with Crippen molar-refractivity contribution in [3.63, 3.8) is 0 Å². The van der Waals surface area contributed by atoms with Gasteiger partial charge in [-0.15, -0.1) is 12.4 Å². The summed E-state index contributed by atoms with van der Waals surface area (Å²) in [7, 11) is 0. The van der Waals surface area contributed by atoms with Crippen molar-refractivity contribution in [2.45, 2.75) is 45.0 Å². The van der Waals surface area contributed by atoms with Crippen molar-refractivity contribution in [2.75, 3.05) is 6.54 Å². The molecule has 0 aromatic carbocycles. The second-order valence-electron chi connectivity index (χ2n) is 4.40. The lowest BCUT2D eigenvalue weighted by atomic mass is 10.2. The molecular weight excluding hydrogens is 261 g/mol. The third kappa shape index (κ3) is 11.6. The molecule has 3 N–H and O–H groups in total. The quantitative estimate of drug-likeness (QED) is 0.832. The SMILES string of the molecule is CC(C)(C)OC(=O)NC(CN)CC(F)(F)F.Cl. The molecule has 0 spiro atoms. The molecule has 104 valence electrons. The van der Waals surface area contributed by atoms with Gasteiger partial charge in [0.2, 0.25) is 0 Å². The highest BCUT2D eigenvalue weighted by Crippen LogP contribution is 2.21. The third-order valence-electron chi connectivity index (χ3n) is 1.48. The zero-order valence-corrected chi connectivity index (χ0v) is 10.7. The molecular formula is C9H18ClF3N2O2. The zero-order valence-electron chi connectivity index (χ0n) is 9.93. The first-order valence-electron chi connectivity index (χ1n) is 4.80. The van der Waals surface area contributed by atoms with Gasteiger partial charge in [0.05, 0.1) is 12.5 Å². The Hall–Kier alpha value is -0.690. The first kappa shape index (κ1) is 18.7. The van der Waals surface area contributed by atoms with Crippen LogP contribution in [-0.2, 0) is 4.74 Å². The van der Waals surface area contributed by atoms with Crippen molar-refractivity contribution < 1.29 is 22.7 Å². The van der Waals surface area contributed by atoms with E-state index >= 15 is 0 Å². The van der Waals surface area contributed by atoms with E-state index in [2.05, 4.69) is 5.32 Å². The first-order chi connectivity index (χ1) is 7.03. The number of nitrogens with two attached hydrogens (primary N) is 1. The number of rotatable bonds is 3. The lowest BCUT2D eigenvalue weighted by Gasteiger charge is -2.23. The summed E-state index contributed by atoms with van der Waals surface area (Å²) in [6.45, 7) is 4.56. The van der Waals surface area contributed by atoms with Crippen LogP contribution >= 0.6 is 12.4 Å². The van der Waals surface area contributed by atoms with Gasteiger partial charge in [-0.3, -0.25) is 0 Å². The highest BCUT2D eigenvalue weighted by molar-refractivity contribution is 5.85. The number of hydrogen-bond acceptors (Lipinski definition) is 3. The molecule has 0 bridgehead atoms. The van der Waals surface area contributed by atoms with E-state index in [1.165, 1.54) is 0 Å². The summed E-state index contributed by atoms with van der Waals surface area (Å²) in [6, 6.07) is -1.16. The Kier molecular flexibility index (Phi) is 7.58. The molecule has 4 nitrogen and oxygen atoms in total. The minimum Gasteiger partial charge on any atom is -0.444 e. The molecule has 17 heavy (non-hydrogen) atoms. The maximum Gasteiger partial charge on any atom is 0.407 e. The van der Waals surface area contributed by atoms with Gasteiger partial charge >= 0.3 is 12.3 Å². The second kappa shape index (κ2) is 6.90. The first-order valence-corrected chi connectivity index (χ1v) is 4.80. The molecule has 1 atom stereocenters. The van der Waals surface area contributed by atoms with Crippen LogP contribution in [0.3, 0.4) is 0 Å². The monoisotopic (exact) mass is 278 g/mol. The van der Waals surface area contributed by atoms with Gasteiger partial charge in [0.15, 0.2) is 0 Å². The lowest BCUT2D eigenvalue weighted by molar-refractivity contribution is -0.139. The van der Waals surface area contributed by atoms with Crippen LogP contribution in [0.4, 0.5) is 18.0 Å². The summed E-state index contributed by atoms with van der Waals surface area (Å²) in [6.07, 6.45) is -6.42. The normalized spacial score (nSPS) is 13.6. The maximum atomic E-state index is 12.0. The van der Waals surface area contributed by atoms with Gasteiger partial charge in [0.1, 0.15) is 5.60 Å². The smallest absolute Gasteiger partial charge is 0.407 e. The number of alkyl halides is 3. The molecule has 0 saturated heterocycles. The third-order valence-corrected chi connectivity index (χ3v) is 1.48. The molecule has 0 fully saturated rings. The zero-order chi connectivity index (χ0) is 13.0. The van der Waals surface area contributed by atoms with Gasteiger partial charge in [-0.1, -0.05) is 0 Å². The molecule has 0 aliphatic carbocycles. The van der Waals surface area contributed by atoms with Gasteiger partial charge in [0, 0.05) is 6.54 Å². The Labute approximate surface area is 104 Å². The molecule has 0 aliphatic heterocycles. The van der Waals surface area contributed by atoms with Crippen LogP contribution in [-0.4, -0.2) is 30.5 Å². The minimum atomic E-state index is -4.36. The highest BCUT2D eigenvalue weighted by atomic mass is 35.5. The fraction of sp³-hybridized carbons (Fsp3) is 0.889. The van der Waals surface area contributed by atoms with Crippen LogP contribution in [0, 0.1) is 0 Å². The molecule has 0 aromatic rings. The van der Waals surface area contributed by atoms with Gasteiger partial charge in [-0.25, -0.2) is 4.79 Å². The summed E-state index contributed by atoms with van der Waals surface area (Å²) >= 11 is 0. The topological polar surface area (TPSA) is 64.3 Å². The predicted molar refractivity (Wildman–Crippen MR) is 60.1 cm³/mol. The Bertz CT molecular complexity index is 241. The highest BCUT2D eigenvalue weighted by Gasteiger charge is 2.32. The second-order valence-corrected chi connectivity index (χ2v) is 4.40. The number of nitrogens with one attached hydrogen (secondary N) is 1. The molecule has 0 aromatic heterocycles. The molecule has 0 aliphatic rings. The average molecular weight is 279 g/mol. The van der Waals surface area contributed by atoms with E-state index < -0.39 is 30.3 Å². The molecule has 0 radical (unpaired) electrons. The molecule has 0 heterocycles. The summed E-state index contributed by atoms with van der Waals surface area (Å²) in [5.74, 6) is 0. The summed E-state index contributed by atoms with van der Waals surface area (Å²) in [5, 5.41) is 2.07. The van der Waals surface area contributed by atoms with Crippen LogP contribution in [0.2, 0.25) is 0 Å². The van der Waals surface area contributed by atoms with Crippen molar-refractivity contribution in [1.82, 2.24) is 5.32 Å². The largest absolute Gasteiger partial charge is 0.444 e. The van der Waals surface area contributed by atoms with Gasteiger partial charge in [-0.2, -0.15) is 13.2 Å². The molecule has 8 heteroatoms. The number of carbonyl (C=O) groups is 1. The van der Waals surface area contributed by atoms with Crippen LogP contribution < -0.4 is 11.1 Å². The lowest BCUT2D eigenvalue weighted by Crippen LogP contribution is -2.45. The van der Waals surface area contributed by atoms with E-state index in [1.54, 1.807) is 20.8 Å². The van der Waals surface area contributed by atoms with E-state index in [9.17, 15) is 18.0 Å². The van der Waals surface area contributed by atoms with Crippen molar-refractivity contribution in [3.8, 4) is 0 Å². The minimum absolute atomic E-state index is 0. The molecule has 0 rings (SSSR count). The maximum absolute atomic E-state index is 12.0. The molecule has 1 unspecified atom stereocenters. The van der Waals surface area contributed by atoms with E-state index in [0.717, 1.165) is 0 Å². The number of halogens is 4. The average Bonchev–Trinajstić information content (AvgIpc) is 1.96. The van der Waals surface area contributed by atoms with E-state index in [1.807, 2.05) is 0 Å². The summed E-state index contributed by atoms with van der Waals surface area (Å²) < 4.78 is 40.9. The molecule has 0 saturated carbocycles. The Morgan fingerprint density at radius 3 is 2.12 bits per heavy atom. The van der Waals surface area contributed by atoms with Crippen LogP contribution in [0.5, 0.6) is 0 Å². The number of amides is 1. The van der Waals surface area contributed by atoms with E-state index in [4.69, 9.17) is 10.5 Å². The van der Waals surface area contributed by atoms with Gasteiger partial charge < -0.3 is 15.8 Å². The van der Waals surface area contributed by atoms with Crippen molar-refractivity contribution in [1.29, 1.82) is 0 Å². The van der Waals surface area contributed by atoms with Crippen molar-refractivity contribution in [3.05, 3.63) is 0 Å². The number of carbonyl (C=O) groups excluding carboxylic acids is 1. The van der Waals surface area contributed by atoms with Crippen molar-refractivity contribution >= 4 is 18.5 Å². The predicted octanol–water partition coefficient (Wildman–Crippen LogP) is 2.21. The van der Waals surface area contributed by atoms with Gasteiger partial charge in [0.25, 0.3) is 0 Å². The fourth-order valence-electron chi connectivity index (χ4n) is 0.947. The van der Waals surface area contributed by atoms with Crippen LogP contribution in [0.25, 0.3) is 0 Å². The summed E-state index contributed by atoms with van der Waals surface area (Å²) in [4.78, 5) is 11.2. The standard InChI is InChI=1S/C9H17F3N2O2.ClH/c1-8(2,3)16-7(15)14-6(5-13)4-9(10,11)12;/h6H,4-5,13H2,1-3H3,(H,14,15);1H. The van der Waals surface area contributed by atoms with Gasteiger partial charge in [-0.05, 0) is 20.8 Å². The number of hydrogen-bond donors (Lipinski definition) is 2. The summed E-state index contributed by atoms with van der Waals surface area (Å²) in [5.41, 5.74) is 4.37. The van der Waals surface area contributed by atoms with Crippen molar-refractivity contribution in [2.24, 2.45) is 5.73 Å². The van der Waals surface area contributed by atoms with E-state index in [-0.39, 0.29) is 19.0 Å². The van der Waals surface area contributed by atoms with Crippen LogP contribution in [0.15, 0.2) is 0 Å². The van der Waals surface area contributed by atoms with Crippen LogP contribution in [0.1, 0.15) is 27.2 Å². The Balaban J connectivity index is 0.